The highest BCUT2D eigenvalue weighted by Gasteiger charge is 2.34. The van der Waals surface area contributed by atoms with Gasteiger partial charge in [-0.25, -0.2) is 4.79 Å². The molecule has 1 aliphatic rings. The van der Waals surface area contributed by atoms with Gasteiger partial charge in [0.25, 0.3) is 0 Å². The van der Waals surface area contributed by atoms with Gasteiger partial charge in [0.05, 0.1) is 18.6 Å². The van der Waals surface area contributed by atoms with E-state index in [0.717, 1.165) is 4.90 Å². The predicted octanol–water partition coefficient (Wildman–Crippen LogP) is 1.11. The zero-order valence-corrected chi connectivity index (χ0v) is 10.1. The van der Waals surface area contributed by atoms with E-state index >= 15 is 0 Å². The molecule has 2 unspecified atom stereocenters. The minimum absolute atomic E-state index is 0.0478. The van der Waals surface area contributed by atoms with E-state index in [9.17, 15) is 9.59 Å². The highest BCUT2D eigenvalue weighted by Crippen LogP contribution is 2.20. The third kappa shape index (κ3) is 4.22. The number of rotatable bonds is 4. The third-order valence-electron chi connectivity index (χ3n) is 2.70. The van der Waals surface area contributed by atoms with E-state index in [1.165, 1.54) is 0 Å². The molecule has 1 fully saturated rings. The third-order valence-corrected chi connectivity index (χ3v) is 2.70. The van der Waals surface area contributed by atoms with Crippen LogP contribution in [0.25, 0.3) is 0 Å². The maximum absolute atomic E-state index is 10.9. The molecule has 1 rings (SSSR count). The van der Waals surface area contributed by atoms with E-state index in [1.807, 2.05) is 13.8 Å². The van der Waals surface area contributed by atoms with Gasteiger partial charge in [0.2, 0.25) is 0 Å². The molecule has 1 amide bonds. The number of piperidine rings is 1. The van der Waals surface area contributed by atoms with Crippen LogP contribution in [-0.4, -0.2) is 53.0 Å². The lowest BCUT2D eigenvalue weighted by Crippen LogP contribution is -2.48. The van der Waals surface area contributed by atoms with Crippen LogP contribution in [0.5, 0.6) is 0 Å². The molecule has 6 heteroatoms. The molecular formula is C11H19NO5. The van der Waals surface area contributed by atoms with Crippen LogP contribution >= 0.6 is 0 Å². The fraction of sp³-hybridized carbons (Fsp3) is 0.818. The first kappa shape index (κ1) is 13.8. The second-order valence-corrected chi connectivity index (χ2v) is 4.81. The maximum Gasteiger partial charge on any atom is 0.407 e. The fourth-order valence-electron chi connectivity index (χ4n) is 1.84. The Morgan fingerprint density at radius 2 is 2.00 bits per heavy atom. The molecule has 1 aliphatic heterocycles. The van der Waals surface area contributed by atoms with Crippen molar-refractivity contribution in [2.24, 2.45) is 11.8 Å². The molecular weight excluding hydrogens is 226 g/mol. The number of likely N-dealkylation sites (tertiary alicyclic amines) is 1. The van der Waals surface area contributed by atoms with Gasteiger partial charge in [0, 0.05) is 13.2 Å². The number of aliphatic carboxylic acids is 1. The van der Waals surface area contributed by atoms with E-state index in [0.29, 0.717) is 18.9 Å². The number of hydrogen-bond acceptors (Lipinski definition) is 3. The summed E-state index contributed by atoms with van der Waals surface area (Å²) in [6.45, 7) is 4.81. The predicted molar refractivity (Wildman–Crippen MR) is 59.9 cm³/mol. The quantitative estimate of drug-likeness (QED) is 0.774. The molecule has 0 aromatic carbocycles. The molecule has 1 saturated heterocycles. The smallest absolute Gasteiger partial charge is 0.407 e. The number of amides is 1. The zero-order valence-electron chi connectivity index (χ0n) is 10.1. The maximum atomic E-state index is 10.9. The Morgan fingerprint density at radius 3 is 2.47 bits per heavy atom. The van der Waals surface area contributed by atoms with Crippen LogP contribution in [0.4, 0.5) is 4.79 Å². The Bertz CT molecular complexity index is 270. The van der Waals surface area contributed by atoms with Gasteiger partial charge in [-0.1, -0.05) is 13.8 Å². The standard InChI is InChI=1S/C11H19NO5/c1-7(2)6-17-9-3-8(10(13)14)4-12(5-9)11(15)16/h7-9H,3-6H2,1-2H3,(H,13,14)(H,15,16). The van der Waals surface area contributed by atoms with Crippen LogP contribution < -0.4 is 0 Å². The summed E-state index contributed by atoms with van der Waals surface area (Å²) in [4.78, 5) is 22.9. The van der Waals surface area contributed by atoms with Crippen molar-refractivity contribution in [1.82, 2.24) is 4.90 Å². The summed E-state index contributed by atoms with van der Waals surface area (Å²) in [6, 6.07) is 0. The number of ether oxygens (including phenoxy) is 1. The summed E-state index contributed by atoms with van der Waals surface area (Å²) in [7, 11) is 0. The molecule has 0 saturated carbocycles. The topological polar surface area (TPSA) is 87.1 Å². The number of hydrogen-bond donors (Lipinski definition) is 2. The van der Waals surface area contributed by atoms with E-state index in [-0.39, 0.29) is 19.2 Å². The minimum atomic E-state index is -1.09. The van der Waals surface area contributed by atoms with Crippen LogP contribution in [-0.2, 0) is 9.53 Å². The molecule has 98 valence electrons. The Hall–Kier alpha value is -1.30. The van der Waals surface area contributed by atoms with Crippen molar-refractivity contribution in [3.05, 3.63) is 0 Å². The highest BCUT2D eigenvalue weighted by atomic mass is 16.5. The van der Waals surface area contributed by atoms with Gasteiger partial charge < -0.3 is 19.8 Å². The van der Waals surface area contributed by atoms with E-state index in [4.69, 9.17) is 14.9 Å². The second kappa shape index (κ2) is 5.86. The molecule has 0 spiro atoms. The largest absolute Gasteiger partial charge is 0.481 e. The van der Waals surface area contributed by atoms with Gasteiger partial charge in [-0.3, -0.25) is 4.79 Å². The van der Waals surface area contributed by atoms with Crippen LogP contribution in [0.15, 0.2) is 0 Å². The Labute approximate surface area is 100 Å². The zero-order chi connectivity index (χ0) is 13.0. The summed E-state index contributed by atoms with van der Waals surface area (Å²) in [6.07, 6.45) is -1.02. The Kier molecular flexibility index (Phi) is 4.74. The molecule has 0 aromatic rings. The molecule has 2 atom stereocenters. The van der Waals surface area contributed by atoms with Crippen molar-refractivity contribution in [3.63, 3.8) is 0 Å². The molecule has 6 nitrogen and oxygen atoms in total. The van der Waals surface area contributed by atoms with Gasteiger partial charge in [0.1, 0.15) is 0 Å². The molecule has 2 N–H and O–H groups in total. The van der Waals surface area contributed by atoms with Gasteiger partial charge in [-0.05, 0) is 12.3 Å². The molecule has 0 aromatic heterocycles. The lowest BCUT2D eigenvalue weighted by Gasteiger charge is -2.34. The van der Waals surface area contributed by atoms with Crippen LogP contribution in [0, 0.1) is 11.8 Å². The molecule has 0 radical (unpaired) electrons. The minimum Gasteiger partial charge on any atom is -0.481 e. The highest BCUT2D eigenvalue weighted by molar-refractivity contribution is 5.72. The fourth-order valence-corrected chi connectivity index (χ4v) is 1.84. The first-order valence-corrected chi connectivity index (χ1v) is 5.72. The summed E-state index contributed by atoms with van der Waals surface area (Å²) >= 11 is 0. The van der Waals surface area contributed by atoms with Crippen LogP contribution in [0.2, 0.25) is 0 Å². The van der Waals surface area contributed by atoms with E-state index in [1.54, 1.807) is 0 Å². The van der Waals surface area contributed by atoms with Gasteiger partial charge in [0.15, 0.2) is 0 Å². The average Bonchev–Trinajstić information content (AvgIpc) is 2.25. The van der Waals surface area contributed by atoms with Crippen molar-refractivity contribution in [3.8, 4) is 0 Å². The molecule has 17 heavy (non-hydrogen) atoms. The summed E-state index contributed by atoms with van der Waals surface area (Å²) in [5.41, 5.74) is 0. The second-order valence-electron chi connectivity index (χ2n) is 4.81. The monoisotopic (exact) mass is 245 g/mol. The van der Waals surface area contributed by atoms with E-state index < -0.39 is 18.0 Å². The van der Waals surface area contributed by atoms with E-state index in [2.05, 4.69) is 0 Å². The first-order valence-electron chi connectivity index (χ1n) is 5.72. The Balaban J connectivity index is 2.58. The van der Waals surface area contributed by atoms with Crippen LogP contribution in [0.1, 0.15) is 20.3 Å². The summed E-state index contributed by atoms with van der Waals surface area (Å²) < 4.78 is 5.54. The van der Waals surface area contributed by atoms with Crippen molar-refractivity contribution >= 4 is 12.1 Å². The summed E-state index contributed by atoms with van der Waals surface area (Å²) in [5.74, 6) is -1.29. The number of carboxylic acids is 1. The number of carbonyl (C=O) groups is 2. The summed E-state index contributed by atoms with van der Waals surface area (Å²) in [5, 5.41) is 17.9. The SMILES string of the molecule is CC(C)COC1CC(C(=O)O)CN(C(=O)O)C1. The molecule has 1 heterocycles. The van der Waals surface area contributed by atoms with Gasteiger partial charge in [-0.2, -0.15) is 0 Å². The van der Waals surface area contributed by atoms with Crippen molar-refractivity contribution in [1.29, 1.82) is 0 Å². The lowest BCUT2D eigenvalue weighted by atomic mass is 9.96. The van der Waals surface area contributed by atoms with Crippen molar-refractivity contribution in [2.75, 3.05) is 19.7 Å². The van der Waals surface area contributed by atoms with Gasteiger partial charge >= 0.3 is 12.1 Å². The molecule has 0 bridgehead atoms. The number of nitrogens with zero attached hydrogens (tertiary/aromatic N) is 1. The molecule has 0 aliphatic carbocycles. The van der Waals surface area contributed by atoms with Crippen molar-refractivity contribution in [2.45, 2.75) is 26.4 Å². The van der Waals surface area contributed by atoms with Crippen molar-refractivity contribution < 1.29 is 24.5 Å². The lowest BCUT2D eigenvalue weighted by molar-refractivity contribution is -0.146. The average molecular weight is 245 g/mol. The van der Waals surface area contributed by atoms with Gasteiger partial charge in [-0.15, -0.1) is 0 Å². The Morgan fingerprint density at radius 1 is 1.35 bits per heavy atom. The van der Waals surface area contributed by atoms with Crippen LogP contribution in [0.3, 0.4) is 0 Å². The number of carboxylic acid groups (broad SMARTS) is 2. The normalized spacial score (nSPS) is 25.0. The first-order chi connectivity index (χ1) is 7.90.